The maximum atomic E-state index is 12.5. The third-order valence-corrected chi connectivity index (χ3v) is 4.67. The Bertz CT molecular complexity index is 1020. The van der Waals surface area contributed by atoms with Gasteiger partial charge in [0, 0.05) is 11.8 Å². The third-order valence-electron chi connectivity index (χ3n) is 4.67. The molecule has 0 fully saturated rings. The Morgan fingerprint density at radius 2 is 1.90 bits per heavy atom. The monoisotopic (exact) mass is 425 g/mol. The Morgan fingerprint density at radius 3 is 2.48 bits per heavy atom. The molecule has 0 spiro atoms. The second-order valence-electron chi connectivity index (χ2n) is 6.60. The van der Waals surface area contributed by atoms with Gasteiger partial charge >= 0.3 is 5.56 Å². The molecule has 0 bridgehead atoms. The van der Waals surface area contributed by atoms with E-state index in [1.54, 1.807) is 26.5 Å². The highest BCUT2D eigenvalue weighted by atomic mass is 16.5. The number of hydrogen-bond acceptors (Lipinski definition) is 6. The van der Waals surface area contributed by atoms with E-state index in [0.29, 0.717) is 30.6 Å². The number of aromatic nitrogens is 2. The van der Waals surface area contributed by atoms with Gasteiger partial charge in [0.05, 0.1) is 33.6 Å². The van der Waals surface area contributed by atoms with E-state index < -0.39 is 5.56 Å². The van der Waals surface area contributed by atoms with Crippen molar-refractivity contribution in [2.75, 3.05) is 26.1 Å². The summed E-state index contributed by atoms with van der Waals surface area (Å²) >= 11 is 0. The van der Waals surface area contributed by atoms with Crippen LogP contribution >= 0.6 is 0 Å². The van der Waals surface area contributed by atoms with Gasteiger partial charge in [0.2, 0.25) is 11.7 Å². The summed E-state index contributed by atoms with van der Waals surface area (Å²) in [5, 5.41) is 3.30. The van der Waals surface area contributed by atoms with Crippen LogP contribution in [0.15, 0.2) is 59.6 Å². The van der Waals surface area contributed by atoms with Crippen LogP contribution in [0.1, 0.15) is 26.3 Å². The number of hydrogen-bond donors (Lipinski definition) is 1. The van der Waals surface area contributed by atoms with E-state index in [0.717, 1.165) is 23.2 Å². The van der Waals surface area contributed by atoms with E-state index in [1.165, 1.54) is 0 Å². The normalized spacial score (nSPS) is 11.5. The van der Waals surface area contributed by atoms with E-state index in [9.17, 15) is 4.79 Å². The summed E-state index contributed by atoms with van der Waals surface area (Å²) in [6, 6.07) is 3.77. The zero-order chi connectivity index (χ0) is 22.8. The van der Waals surface area contributed by atoms with Crippen molar-refractivity contribution in [2.24, 2.45) is 0 Å². The molecule has 1 aromatic heterocycles. The Balaban J connectivity index is 2.57. The highest BCUT2D eigenvalue weighted by Crippen LogP contribution is 2.34. The largest absolute Gasteiger partial charge is 0.493 e. The molecule has 2 rings (SSSR count). The first-order valence-corrected chi connectivity index (χ1v) is 10.2. The topological polar surface area (TPSA) is 74.6 Å². The van der Waals surface area contributed by atoms with Gasteiger partial charge < -0.3 is 24.1 Å². The number of rotatable bonds is 11. The van der Waals surface area contributed by atoms with Crippen LogP contribution in [0.3, 0.4) is 0 Å². The maximum absolute atomic E-state index is 12.5. The molecular weight excluding hydrogens is 394 g/mol. The molecule has 1 heterocycles. The van der Waals surface area contributed by atoms with E-state index in [4.69, 9.17) is 14.2 Å². The fourth-order valence-electron chi connectivity index (χ4n) is 3.03. The minimum absolute atomic E-state index is 0.208. The SMILES string of the molecule is C=C/C=C\C(=C/C)Cn1cc(OCC)c(=O)nc1Nc1cc(OC)c(OC)cc1CC. The van der Waals surface area contributed by atoms with Crippen LogP contribution in [-0.2, 0) is 13.0 Å². The Labute approximate surface area is 183 Å². The summed E-state index contributed by atoms with van der Waals surface area (Å²) in [5.41, 5.74) is 2.39. The Morgan fingerprint density at radius 1 is 1.19 bits per heavy atom. The van der Waals surface area contributed by atoms with Crippen molar-refractivity contribution in [2.45, 2.75) is 33.7 Å². The molecule has 0 saturated heterocycles. The molecule has 0 aliphatic rings. The molecule has 166 valence electrons. The van der Waals surface area contributed by atoms with Crippen LogP contribution in [0.2, 0.25) is 0 Å². The van der Waals surface area contributed by atoms with Crippen LogP contribution in [-0.4, -0.2) is 30.4 Å². The molecule has 0 atom stereocenters. The molecule has 7 nitrogen and oxygen atoms in total. The number of ether oxygens (including phenoxy) is 3. The summed E-state index contributed by atoms with van der Waals surface area (Å²) in [7, 11) is 3.19. The van der Waals surface area contributed by atoms with E-state index in [-0.39, 0.29) is 5.75 Å². The van der Waals surface area contributed by atoms with Gasteiger partial charge in [0.1, 0.15) is 0 Å². The van der Waals surface area contributed by atoms with Crippen LogP contribution < -0.4 is 25.1 Å². The average Bonchev–Trinajstić information content (AvgIpc) is 2.78. The Hall–Kier alpha value is -3.48. The molecule has 1 aromatic carbocycles. The van der Waals surface area contributed by atoms with E-state index >= 15 is 0 Å². The van der Waals surface area contributed by atoms with E-state index in [2.05, 4.69) is 16.9 Å². The van der Waals surface area contributed by atoms with Gasteiger partial charge in [0.15, 0.2) is 11.5 Å². The predicted molar refractivity (Wildman–Crippen MR) is 125 cm³/mol. The lowest BCUT2D eigenvalue weighted by molar-refractivity contribution is 0.331. The molecular formula is C24H31N3O4. The molecule has 0 radical (unpaired) electrons. The summed E-state index contributed by atoms with van der Waals surface area (Å²) in [6.45, 7) is 10.4. The molecule has 0 unspecified atom stereocenters. The molecule has 0 amide bonds. The average molecular weight is 426 g/mol. The number of allylic oxidation sites excluding steroid dienone is 5. The van der Waals surface area contributed by atoms with Gasteiger partial charge in [0.25, 0.3) is 0 Å². The van der Waals surface area contributed by atoms with Gasteiger partial charge in [-0.25, -0.2) is 0 Å². The highest BCUT2D eigenvalue weighted by Gasteiger charge is 2.15. The summed E-state index contributed by atoms with van der Waals surface area (Å²) in [6.07, 6.45) is 9.98. The van der Waals surface area contributed by atoms with Gasteiger partial charge in [-0.05, 0) is 37.5 Å². The van der Waals surface area contributed by atoms with Gasteiger partial charge in [-0.2, -0.15) is 4.98 Å². The van der Waals surface area contributed by atoms with Gasteiger partial charge in [-0.1, -0.05) is 37.8 Å². The fraction of sp³-hybridized carbons (Fsp3) is 0.333. The van der Waals surface area contributed by atoms with E-state index in [1.807, 2.05) is 55.7 Å². The van der Waals surface area contributed by atoms with Gasteiger partial charge in [-0.3, -0.25) is 4.79 Å². The van der Waals surface area contributed by atoms with Crippen LogP contribution in [0.25, 0.3) is 0 Å². The molecule has 2 aromatic rings. The second kappa shape index (κ2) is 11.6. The molecule has 7 heteroatoms. The number of aryl methyl sites for hydroxylation is 1. The fourth-order valence-corrected chi connectivity index (χ4v) is 3.03. The molecule has 31 heavy (non-hydrogen) atoms. The quantitative estimate of drug-likeness (QED) is 0.528. The van der Waals surface area contributed by atoms with Crippen LogP contribution in [0.5, 0.6) is 17.2 Å². The number of nitrogens with one attached hydrogen (secondary N) is 1. The highest BCUT2D eigenvalue weighted by molar-refractivity contribution is 5.65. The number of methoxy groups -OCH3 is 2. The molecule has 0 aliphatic carbocycles. The summed E-state index contributed by atoms with van der Waals surface area (Å²) < 4.78 is 18.2. The van der Waals surface area contributed by atoms with Crippen molar-refractivity contribution in [3.8, 4) is 17.2 Å². The van der Waals surface area contributed by atoms with Crippen molar-refractivity contribution in [1.82, 2.24) is 9.55 Å². The first-order valence-electron chi connectivity index (χ1n) is 10.2. The van der Waals surface area contributed by atoms with Crippen LogP contribution in [0.4, 0.5) is 11.6 Å². The summed E-state index contributed by atoms with van der Waals surface area (Å²) in [4.78, 5) is 16.8. The Kier molecular flexibility index (Phi) is 8.94. The zero-order valence-electron chi connectivity index (χ0n) is 18.9. The third kappa shape index (κ3) is 6.01. The first-order chi connectivity index (χ1) is 15.0. The molecule has 1 N–H and O–H groups in total. The minimum Gasteiger partial charge on any atom is -0.493 e. The molecule has 0 aliphatic heterocycles. The standard InChI is InChI=1S/C24H31N3O4/c1-7-11-12-17(8-2)15-27-16-22(31-10-4)23(28)26-24(27)25-19-14-21(30-6)20(29-5)13-18(19)9-3/h7-8,11-14,16H,1,9-10,15H2,2-6H3,(H,25,26,28)/b12-11-,17-8+. The lowest BCUT2D eigenvalue weighted by atomic mass is 10.1. The van der Waals surface area contributed by atoms with Crippen LogP contribution in [0, 0.1) is 0 Å². The zero-order valence-corrected chi connectivity index (χ0v) is 18.9. The lowest BCUT2D eigenvalue weighted by Crippen LogP contribution is -2.20. The number of benzene rings is 1. The van der Waals surface area contributed by atoms with Crippen molar-refractivity contribution >= 4 is 11.6 Å². The number of nitrogens with zero attached hydrogens (tertiary/aromatic N) is 2. The lowest BCUT2D eigenvalue weighted by Gasteiger charge is -2.19. The maximum Gasteiger partial charge on any atom is 0.316 e. The smallest absolute Gasteiger partial charge is 0.316 e. The molecule has 0 saturated carbocycles. The number of anilines is 2. The van der Waals surface area contributed by atoms with Crippen molar-refractivity contribution in [3.63, 3.8) is 0 Å². The summed E-state index contributed by atoms with van der Waals surface area (Å²) in [5.74, 6) is 1.85. The van der Waals surface area contributed by atoms with Crippen molar-refractivity contribution < 1.29 is 14.2 Å². The van der Waals surface area contributed by atoms with Crippen molar-refractivity contribution in [1.29, 1.82) is 0 Å². The predicted octanol–water partition coefficient (Wildman–Crippen LogP) is 4.65. The van der Waals surface area contributed by atoms with Crippen molar-refractivity contribution in [3.05, 3.63) is 70.7 Å². The second-order valence-corrected chi connectivity index (χ2v) is 6.60. The van der Waals surface area contributed by atoms with Gasteiger partial charge in [-0.15, -0.1) is 0 Å². The first kappa shape index (κ1) is 23.8. The minimum atomic E-state index is -0.428.